The van der Waals surface area contributed by atoms with Crippen molar-refractivity contribution in [3.05, 3.63) is 35.1 Å². The van der Waals surface area contributed by atoms with Crippen LogP contribution in [0, 0.1) is 11.7 Å². The standard InChI is InChI=1S/C20H31FN4O2S/c1-22-20(23-9-10-25(19-7-8-19)13-15-3-4-15)24-12-17-11-18(21)6-5-16(17)14-28(2,26)27/h5-6,11,15,19H,3-4,7-10,12-14H2,1-2H3,(H2,22,23,24). The van der Waals surface area contributed by atoms with E-state index in [2.05, 4.69) is 20.5 Å². The summed E-state index contributed by atoms with van der Waals surface area (Å²) in [7, 11) is -1.49. The van der Waals surface area contributed by atoms with E-state index in [1.54, 1.807) is 7.05 Å². The highest BCUT2D eigenvalue weighted by atomic mass is 32.2. The van der Waals surface area contributed by atoms with Gasteiger partial charge in [-0.3, -0.25) is 9.89 Å². The molecule has 2 aliphatic carbocycles. The van der Waals surface area contributed by atoms with Gasteiger partial charge in [0.1, 0.15) is 5.82 Å². The number of aliphatic imine (C=N–C) groups is 1. The molecule has 0 bridgehead atoms. The average Bonchev–Trinajstić information content (AvgIpc) is 3.51. The molecule has 1 aromatic rings. The molecule has 2 aliphatic rings. The number of benzene rings is 1. The van der Waals surface area contributed by atoms with Crippen LogP contribution in [0.25, 0.3) is 0 Å². The Bertz CT molecular complexity index is 804. The van der Waals surface area contributed by atoms with Crippen molar-refractivity contribution in [2.24, 2.45) is 10.9 Å². The van der Waals surface area contributed by atoms with Gasteiger partial charge in [0.05, 0.1) is 5.75 Å². The van der Waals surface area contributed by atoms with Gasteiger partial charge in [-0.05, 0) is 54.9 Å². The van der Waals surface area contributed by atoms with Crippen LogP contribution in [0.4, 0.5) is 4.39 Å². The monoisotopic (exact) mass is 410 g/mol. The van der Waals surface area contributed by atoms with Gasteiger partial charge in [0.15, 0.2) is 15.8 Å². The molecular weight excluding hydrogens is 379 g/mol. The number of sulfone groups is 1. The van der Waals surface area contributed by atoms with Crippen LogP contribution in [0.1, 0.15) is 36.8 Å². The van der Waals surface area contributed by atoms with E-state index in [-0.39, 0.29) is 11.6 Å². The number of hydrogen-bond donors (Lipinski definition) is 2. The summed E-state index contributed by atoms with van der Waals surface area (Å²) in [6, 6.07) is 4.96. The molecule has 6 nitrogen and oxygen atoms in total. The van der Waals surface area contributed by atoms with E-state index >= 15 is 0 Å². The van der Waals surface area contributed by atoms with Gasteiger partial charge in [-0.15, -0.1) is 0 Å². The van der Waals surface area contributed by atoms with Crippen molar-refractivity contribution in [1.29, 1.82) is 0 Å². The van der Waals surface area contributed by atoms with E-state index in [4.69, 9.17) is 0 Å². The van der Waals surface area contributed by atoms with Crippen LogP contribution in [0.3, 0.4) is 0 Å². The molecule has 0 aromatic heterocycles. The van der Waals surface area contributed by atoms with E-state index in [1.807, 2.05) is 0 Å². The Kier molecular flexibility index (Phi) is 6.93. The van der Waals surface area contributed by atoms with Gasteiger partial charge in [-0.25, -0.2) is 12.8 Å². The zero-order valence-electron chi connectivity index (χ0n) is 16.7. The maximum atomic E-state index is 13.6. The van der Waals surface area contributed by atoms with Crippen molar-refractivity contribution in [3.8, 4) is 0 Å². The number of nitrogens with zero attached hydrogens (tertiary/aromatic N) is 2. The molecular formula is C20H31FN4O2S. The van der Waals surface area contributed by atoms with Gasteiger partial charge in [0.2, 0.25) is 0 Å². The molecule has 156 valence electrons. The lowest BCUT2D eigenvalue weighted by Crippen LogP contribution is -2.42. The van der Waals surface area contributed by atoms with Gasteiger partial charge in [0, 0.05) is 45.5 Å². The van der Waals surface area contributed by atoms with Gasteiger partial charge >= 0.3 is 0 Å². The SMILES string of the molecule is CN=C(NCCN(CC1CC1)C1CC1)NCc1cc(F)ccc1CS(C)(=O)=O. The summed E-state index contributed by atoms with van der Waals surface area (Å²) in [6.45, 7) is 3.30. The minimum atomic E-state index is -3.19. The second kappa shape index (κ2) is 9.22. The molecule has 2 N–H and O–H groups in total. The van der Waals surface area contributed by atoms with Crippen molar-refractivity contribution in [3.63, 3.8) is 0 Å². The topological polar surface area (TPSA) is 73.8 Å². The summed E-state index contributed by atoms with van der Waals surface area (Å²) in [6.07, 6.45) is 6.53. The predicted octanol–water partition coefficient (Wildman–Crippen LogP) is 1.91. The highest BCUT2D eigenvalue weighted by molar-refractivity contribution is 7.89. The minimum absolute atomic E-state index is 0.103. The smallest absolute Gasteiger partial charge is 0.191 e. The van der Waals surface area contributed by atoms with Crippen molar-refractivity contribution in [2.75, 3.05) is 32.9 Å². The van der Waals surface area contributed by atoms with Crippen LogP contribution in [0.2, 0.25) is 0 Å². The zero-order valence-corrected chi connectivity index (χ0v) is 17.6. The van der Waals surface area contributed by atoms with E-state index in [1.165, 1.54) is 56.7 Å². The Morgan fingerprint density at radius 2 is 1.96 bits per heavy atom. The molecule has 0 unspecified atom stereocenters. The molecule has 2 fully saturated rings. The molecule has 8 heteroatoms. The first-order valence-electron chi connectivity index (χ1n) is 9.97. The first-order valence-corrected chi connectivity index (χ1v) is 12.0. The average molecular weight is 411 g/mol. The summed E-state index contributed by atoms with van der Waals surface area (Å²) in [4.78, 5) is 6.80. The van der Waals surface area contributed by atoms with Gasteiger partial charge in [-0.2, -0.15) is 0 Å². The van der Waals surface area contributed by atoms with E-state index in [0.717, 1.165) is 25.0 Å². The van der Waals surface area contributed by atoms with Crippen LogP contribution in [0.5, 0.6) is 0 Å². The molecule has 2 saturated carbocycles. The molecule has 0 saturated heterocycles. The molecule has 0 amide bonds. The second-order valence-corrected chi connectivity index (χ2v) is 10.1. The molecule has 3 rings (SSSR count). The largest absolute Gasteiger partial charge is 0.355 e. The fourth-order valence-electron chi connectivity index (χ4n) is 3.39. The molecule has 0 spiro atoms. The fourth-order valence-corrected chi connectivity index (χ4v) is 4.24. The Morgan fingerprint density at radius 1 is 1.21 bits per heavy atom. The first-order chi connectivity index (χ1) is 13.3. The van der Waals surface area contributed by atoms with Crippen molar-refractivity contribution >= 4 is 15.8 Å². The highest BCUT2D eigenvalue weighted by Crippen LogP contribution is 2.34. The van der Waals surface area contributed by atoms with Crippen LogP contribution in [-0.4, -0.2) is 58.3 Å². The Hall–Kier alpha value is -1.67. The third kappa shape index (κ3) is 7.05. The maximum Gasteiger partial charge on any atom is 0.191 e. The van der Waals surface area contributed by atoms with E-state index in [9.17, 15) is 12.8 Å². The van der Waals surface area contributed by atoms with Crippen LogP contribution >= 0.6 is 0 Å². The lowest BCUT2D eigenvalue weighted by molar-refractivity contribution is 0.256. The lowest BCUT2D eigenvalue weighted by atomic mass is 10.1. The quantitative estimate of drug-likeness (QED) is 0.455. The number of nitrogens with one attached hydrogen (secondary N) is 2. The van der Waals surface area contributed by atoms with Crippen molar-refractivity contribution in [1.82, 2.24) is 15.5 Å². The summed E-state index contributed by atoms with van der Waals surface area (Å²) >= 11 is 0. The van der Waals surface area contributed by atoms with Gasteiger partial charge < -0.3 is 10.6 Å². The Balaban J connectivity index is 1.50. The van der Waals surface area contributed by atoms with Crippen LogP contribution in [0.15, 0.2) is 23.2 Å². The third-order valence-corrected chi connectivity index (χ3v) is 6.04. The lowest BCUT2D eigenvalue weighted by Gasteiger charge is -2.22. The third-order valence-electron chi connectivity index (χ3n) is 5.20. The maximum absolute atomic E-state index is 13.6. The molecule has 28 heavy (non-hydrogen) atoms. The van der Waals surface area contributed by atoms with Crippen LogP contribution in [-0.2, 0) is 22.1 Å². The second-order valence-electron chi connectivity index (χ2n) is 8.01. The predicted molar refractivity (Wildman–Crippen MR) is 110 cm³/mol. The molecule has 1 aromatic carbocycles. The first kappa shape index (κ1) is 21.0. The number of halogens is 1. The molecule has 0 heterocycles. The van der Waals surface area contributed by atoms with E-state index < -0.39 is 9.84 Å². The Morgan fingerprint density at radius 3 is 2.57 bits per heavy atom. The highest BCUT2D eigenvalue weighted by Gasteiger charge is 2.33. The minimum Gasteiger partial charge on any atom is -0.355 e. The fraction of sp³-hybridized carbons (Fsp3) is 0.650. The van der Waals surface area contributed by atoms with E-state index in [0.29, 0.717) is 23.6 Å². The summed E-state index contributed by atoms with van der Waals surface area (Å²) in [5.74, 6) is 1.04. The molecule has 0 atom stereocenters. The van der Waals surface area contributed by atoms with Crippen molar-refractivity contribution < 1.29 is 12.8 Å². The summed E-state index contributed by atoms with van der Waals surface area (Å²) in [5.41, 5.74) is 1.23. The number of hydrogen-bond acceptors (Lipinski definition) is 4. The number of guanidine groups is 1. The number of rotatable bonds is 10. The summed E-state index contributed by atoms with van der Waals surface area (Å²) in [5, 5.41) is 6.48. The molecule has 0 aliphatic heterocycles. The van der Waals surface area contributed by atoms with Gasteiger partial charge in [-0.1, -0.05) is 6.07 Å². The normalized spacial score (nSPS) is 17.8. The van der Waals surface area contributed by atoms with Crippen LogP contribution < -0.4 is 10.6 Å². The molecule has 0 radical (unpaired) electrons. The zero-order chi connectivity index (χ0) is 20.1. The summed E-state index contributed by atoms with van der Waals surface area (Å²) < 4.78 is 36.9. The van der Waals surface area contributed by atoms with Gasteiger partial charge in [0.25, 0.3) is 0 Å². The van der Waals surface area contributed by atoms with Crippen molar-refractivity contribution in [2.45, 2.75) is 44.0 Å². The Labute approximate surface area is 167 Å².